The Morgan fingerprint density at radius 1 is 0.895 bits per heavy atom. The van der Waals surface area contributed by atoms with Gasteiger partial charge < -0.3 is 4.55 Å². The topological polar surface area (TPSA) is 57.2 Å². The zero-order valence-electron chi connectivity index (χ0n) is 11.2. The molecule has 0 bridgehead atoms. The summed E-state index contributed by atoms with van der Waals surface area (Å²) in [5.74, 6) is 0. The van der Waals surface area contributed by atoms with Gasteiger partial charge in [-0.2, -0.15) is 0 Å². The van der Waals surface area contributed by atoms with Crippen molar-refractivity contribution in [3.05, 3.63) is 53.6 Å². The average Bonchev–Trinajstić information content (AvgIpc) is 2.29. The Morgan fingerprint density at radius 3 is 1.95 bits per heavy atom. The van der Waals surface area contributed by atoms with E-state index in [9.17, 15) is 13.0 Å². The molecule has 0 aliphatic rings. The molecule has 0 heterocycles. The molecule has 2 aromatic rings. The first-order valence-corrected chi connectivity index (χ1v) is 6.92. The van der Waals surface area contributed by atoms with Crippen LogP contribution in [0, 0.1) is 13.8 Å². The molecular formula is C14H13LiO3S. The van der Waals surface area contributed by atoms with Gasteiger partial charge in [0.2, 0.25) is 0 Å². The number of aryl methyl sites for hydroxylation is 2. The number of hydrogen-bond donors (Lipinski definition) is 0. The molecule has 5 heteroatoms. The Bertz CT molecular complexity index is 676. The first-order valence-electron chi connectivity index (χ1n) is 5.51. The van der Waals surface area contributed by atoms with E-state index in [1.807, 2.05) is 31.2 Å². The van der Waals surface area contributed by atoms with Crippen LogP contribution in [-0.2, 0) is 10.1 Å². The van der Waals surface area contributed by atoms with Crippen molar-refractivity contribution in [1.29, 1.82) is 0 Å². The molecule has 3 nitrogen and oxygen atoms in total. The molecule has 0 fully saturated rings. The summed E-state index contributed by atoms with van der Waals surface area (Å²) in [7, 11) is -4.46. The first-order chi connectivity index (χ1) is 8.38. The monoisotopic (exact) mass is 268 g/mol. The largest absolute Gasteiger partial charge is 1.00 e. The minimum Gasteiger partial charge on any atom is -0.744 e. The third-order valence-corrected chi connectivity index (χ3v) is 3.65. The van der Waals surface area contributed by atoms with Crippen molar-refractivity contribution in [2.45, 2.75) is 18.7 Å². The summed E-state index contributed by atoms with van der Waals surface area (Å²) in [5.41, 5.74) is 3.02. The van der Waals surface area contributed by atoms with E-state index in [4.69, 9.17) is 0 Å². The predicted molar refractivity (Wildman–Crippen MR) is 69.3 cm³/mol. The Morgan fingerprint density at radius 2 is 1.42 bits per heavy atom. The molecule has 0 N–H and O–H groups in total. The van der Waals surface area contributed by atoms with Crippen molar-refractivity contribution < 1.29 is 31.8 Å². The zero-order valence-corrected chi connectivity index (χ0v) is 12.0. The second-order valence-electron chi connectivity index (χ2n) is 4.32. The molecule has 2 rings (SSSR count). The van der Waals surface area contributed by atoms with E-state index in [0.717, 1.165) is 16.7 Å². The van der Waals surface area contributed by atoms with Crippen LogP contribution in [0.3, 0.4) is 0 Å². The Hall–Kier alpha value is -1.05. The molecule has 0 spiro atoms. The molecule has 19 heavy (non-hydrogen) atoms. The van der Waals surface area contributed by atoms with Crippen molar-refractivity contribution in [2.75, 3.05) is 0 Å². The molecule has 0 atom stereocenters. The summed E-state index contributed by atoms with van der Waals surface area (Å²) >= 11 is 0. The van der Waals surface area contributed by atoms with Crippen molar-refractivity contribution in [3.8, 4) is 11.1 Å². The van der Waals surface area contributed by atoms with E-state index in [1.165, 1.54) is 6.07 Å². The molecule has 0 aromatic heterocycles. The van der Waals surface area contributed by atoms with Gasteiger partial charge in [0.1, 0.15) is 10.1 Å². The van der Waals surface area contributed by atoms with Gasteiger partial charge in [-0.05, 0) is 36.6 Å². The van der Waals surface area contributed by atoms with Gasteiger partial charge in [0.25, 0.3) is 0 Å². The smallest absolute Gasteiger partial charge is 0.744 e. The predicted octanol–water partition coefficient (Wildman–Crippen LogP) is -0.121. The van der Waals surface area contributed by atoms with E-state index in [2.05, 4.69) is 0 Å². The first kappa shape index (κ1) is 16.0. The van der Waals surface area contributed by atoms with Crippen LogP contribution in [0.25, 0.3) is 11.1 Å². The molecular weight excluding hydrogens is 255 g/mol. The second kappa shape index (κ2) is 5.94. The van der Waals surface area contributed by atoms with Crippen LogP contribution in [0.15, 0.2) is 47.4 Å². The molecule has 2 aromatic carbocycles. The molecule has 0 saturated carbocycles. The van der Waals surface area contributed by atoms with Crippen LogP contribution in [-0.4, -0.2) is 13.0 Å². The van der Waals surface area contributed by atoms with Gasteiger partial charge in [-0.15, -0.1) is 0 Å². The summed E-state index contributed by atoms with van der Waals surface area (Å²) < 4.78 is 33.9. The maximum absolute atomic E-state index is 11.3. The Labute approximate surface area is 125 Å². The van der Waals surface area contributed by atoms with Crippen LogP contribution >= 0.6 is 0 Å². The van der Waals surface area contributed by atoms with Crippen LogP contribution in [0.4, 0.5) is 0 Å². The third kappa shape index (κ3) is 3.71. The van der Waals surface area contributed by atoms with E-state index in [1.54, 1.807) is 19.1 Å². The quantitative estimate of drug-likeness (QED) is 0.563. The Balaban J connectivity index is 0.00000180. The van der Waals surface area contributed by atoms with Gasteiger partial charge in [0, 0.05) is 0 Å². The van der Waals surface area contributed by atoms with Gasteiger partial charge in [0.05, 0.1) is 4.90 Å². The van der Waals surface area contributed by atoms with Crippen LogP contribution in [0.1, 0.15) is 11.1 Å². The zero-order chi connectivity index (χ0) is 13.3. The fourth-order valence-electron chi connectivity index (χ4n) is 1.81. The summed E-state index contributed by atoms with van der Waals surface area (Å²) in [6.45, 7) is 3.71. The van der Waals surface area contributed by atoms with Gasteiger partial charge in [-0.3, -0.25) is 0 Å². The van der Waals surface area contributed by atoms with Crippen LogP contribution < -0.4 is 18.9 Å². The molecule has 0 amide bonds. The summed E-state index contributed by atoms with van der Waals surface area (Å²) in [6.07, 6.45) is 0. The normalized spacial score (nSPS) is 10.9. The van der Waals surface area contributed by atoms with Crippen molar-refractivity contribution >= 4 is 10.1 Å². The fourth-order valence-corrected chi connectivity index (χ4v) is 2.59. The van der Waals surface area contributed by atoms with Crippen molar-refractivity contribution in [3.63, 3.8) is 0 Å². The van der Waals surface area contributed by atoms with Gasteiger partial charge in [0.15, 0.2) is 0 Å². The van der Waals surface area contributed by atoms with Crippen molar-refractivity contribution in [2.24, 2.45) is 0 Å². The summed E-state index contributed by atoms with van der Waals surface area (Å²) in [6, 6.07) is 12.3. The SMILES string of the molecule is Cc1ccc(-c2ccc(C)cc2S(=O)(=O)[O-])cc1.[Li+]. The number of hydrogen-bond acceptors (Lipinski definition) is 3. The summed E-state index contributed by atoms with van der Waals surface area (Å²) in [4.78, 5) is -0.161. The molecule has 0 radical (unpaired) electrons. The molecule has 0 aliphatic carbocycles. The van der Waals surface area contributed by atoms with E-state index >= 15 is 0 Å². The van der Waals surface area contributed by atoms with Gasteiger partial charge in [-0.25, -0.2) is 8.42 Å². The third-order valence-electron chi connectivity index (χ3n) is 2.77. The number of benzene rings is 2. The average molecular weight is 268 g/mol. The van der Waals surface area contributed by atoms with E-state index in [0.29, 0.717) is 5.56 Å². The minimum absolute atomic E-state index is 0. The van der Waals surface area contributed by atoms with Crippen LogP contribution in [0.2, 0.25) is 0 Å². The minimum atomic E-state index is -4.46. The molecule has 0 aliphatic heterocycles. The maximum atomic E-state index is 11.3. The fraction of sp³-hybridized carbons (Fsp3) is 0.143. The molecule has 0 saturated heterocycles. The molecule has 94 valence electrons. The van der Waals surface area contributed by atoms with E-state index < -0.39 is 10.1 Å². The van der Waals surface area contributed by atoms with Crippen molar-refractivity contribution in [1.82, 2.24) is 0 Å². The Kier molecular flexibility index (Phi) is 5.00. The van der Waals surface area contributed by atoms with E-state index in [-0.39, 0.29) is 23.8 Å². The summed E-state index contributed by atoms with van der Waals surface area (Å²) in [5, 5.41) is 0. The number of rotatable bonds is 2. The van der Waals surface area contributed by atoms with Gasteiger partial charge in [-0.1, -0.05) is 42.0 Å². The maximum Gasteiger partial charge on any atom is 1.00 e. The molecule has 0 unspecified atom stereocenters. The second-order valence-corrected chi connectivity index (χ2v) is 5.67. The van der Waals surface area contributed by atoms with Crippen LogP contribution in [0.5, 0.6) is 0 Å². The van der Waals surface area contributed by atoms with Gasteiger partial charge >= 0.3 is 18.9 Å². The standard InChI is InChI=1S/C14H14O3S.Li/c1-10-3-6-12(7-4-10)13-8-5-11(2)9-14(13)18(15,16)17;/h3-9H,1-2H3,(H,15,16,17);/q;+1/p-1.